The van der Waals surface area contributed by atoms with Crippen molar-refractivity contribution in [1.82, 2.24) is 10.3 Å². The van der Waals surface area contributed by atoms with Gasteiger partial charge in [0.15, 0.2) is 0 Å². The molecule has 1 saturated carbocycles. The number of nitrogens with zero attached hydrogens (tertiary/aromatic N) is 1. The van der Waals surface area contributed by atoms with Crippen molar-refractivity contribution >= 4 is 23.3 Å². The molecule has 0 bridgehead atoms. The normalized spacial score (nSPS) is 22.4. The standard InChI is InChI=1S/C16H24ClN3O/c1-3-18-15-9-12(13(17)10-19-15)16(21)20-14-8-6-4-5-7-11(14)2/h9-11,14H,3-8H2,1-2H3,(H,18,19)(H,20,21). The first kappa shape index (κ1) is 16.1. The predicted octanol–water partition coefficient (Wildman–Crippen LogP) is 3.87. The monoisotopic (exact) mass is 309 g/mol. The van der Waals surface area contributed by atoms with E-state index in [9.17, 15) is 4.79 Å². The highest BCUT2D eigenvalue weighted by atomic mass is 35.5. The highest BCUT2D eigenvalue weighted by molar-refractivity contribution is 6.33. The number of aromatic nitrogens is 1. The summed E-state index contributed by atoms with van der Waals surface area (Å²) in [5.74, 6) is 1.10. The molecule has 21 heavy (non-hydrogen) atoms. The molecular weight excluding hydrogens is 286 g/mol. The fraction of sp³-hybridized carbons (Fsp3) is 0.625. The minimum atomic E-state index is -0.0969. The number of carbonyl (C=O) groups is 1. The highest BCUT2D eigenvalue weighted by Gasteiger charge is 2.23. The van der Waals surface area contributed by atoms with Crippen LogP contribution in [-0.2, 0) is 0 Å². The number of anilines is 1. The van der Waals surface area contributed by atoms with Gasteiger partial charge in [-0.1, -0.05) is 37.8 Å². The molecule has 1 aromatic heterocycles. The first-order valence-corrected chi connectivity index (χ1v) is 8.20. The first-order chi connectivity index (χ1) is 10.1. The van der Waals surface area contributed by atoms with Crippen LogP contribution in [0.3, 0.4) is 0 Å². The van der Waals surface area contributed by atoms with E-state index in [0.29, 0.717) is 22.3 Å². The lowest BCUT2D eigenvalue weighted by Gasteiger charge is -2.23. The molecule has 1 aromatic rings. The van der Waals surface area contributed by atoms with Crippen molar-refractivity contribution in [1.29, 1.82) is 0 Å². The van der Waals surface area contributed by atoms with E-state index in [-0.39, 0.29) is 11.9 Å². The van der Waals surface area contributed by atoms with Gasteiger partial charge in [-0.15, -0.1) is 0 Å². The maximum absolute atomic E-state index is 12.5. The molecule has 4 nitrogen and oxygen atoms in total. The van der Waals surface area contributed by atoms with Crippen LogP contribution >= 0.6 is 11.6 Å². The first-order valence-electron chi connectivity index (χ1n) is 7.82. The topological polar surface area (TPSA) is 54.0 Å². The summed E-state index contributed by atoms with van der Waals surface area (Å²) < 4.78 is 0. The largest absolute Gasteiger partial charge is 0.370 e. The van der Waals surface area contributed by atoms with Crippen molar-refractivity contribution in [2.24, 2.45) is 5.92 Å². The number of hydrogen-bond acceptors (Lipinski definition) is 3. The third-order valence-corrected chi connectivity index (χ3v) is 4.44. The van der Waals surface area contributed by atoms with Crippen molar-refractivity contribution in [2.75, 3.05) is 11.9 Å². The Kier molecular flexibility index (Phi) is 5.85. The Morgan fingerprint density at radius 3 is 2.90 bits per heavy atom. The van der Waals surface area contributed by atoms with Gasteiger partial charge in [0.25, 0.3) is 5.91 Å². The summed E-state index contributed by atoms with van der Waals surface area (Å²) in [5.41, 5.74) is 0.499. The van der Waals surface area contributed by atoms with E-state index >= 15 is 0 Å². The van der Waals surface area contributed by atoms with Crippen LogP contribution in [-0.4, -0.2) is 23.5 Å². The summed E-state index contributed by atoms with van der Waals surface area (Å²) in [4.78, 5) is 16.7. The Bertz CT molecular complexity index is 492. The number of carbonyl (C=O) groups excluding carboxylic acids is 1. The minimum Gasteiger partial charge on any atom is -0.370 e. The molecule has 0 saturated heterocycles. The number of halogens is 1. The number of hydrogen-bond donors (Lipinski definition) is 2. The molecule has 116 valence electrons. The van der Waals surface area contributed by atoms with Gasteiger partial charge in [-0.2, -0.15) is 0 Å². The van der Waals surface area contributed by atoms with Crippen LogP contribution in [0.25, 0.3) is 0 Å². The van der Waals surface area contributed by atoms with Crippen LogP contribution in [0.2, 0.25) is 5.02 Å². The molecule has 1 aliphatic rings. The molecule has 2 rings (SSSR count). The van der Waals surface area contributed by atoms with Crippen molar-refractivity contribution in [2.45, 2.75) is 52.0 Å². The van der Waals surface area contributed by atoms with Gasteiger partial charge in [-0.3, -0.25) is 4.79 Å². The van der Waals surface area contributed by atoms with Crippen LogP contribution < -0.4 is 10.6 Å². The summed E-state index contributed by atoms with van der Waals surface area (Å²) in [6, 6.07) is 1.97. The second-order valence-electron chi connectivity index (χ2n) is 5.77. The van der Waals surface area contributed by atoms with Gasteiger partial charge in [0, 0.05) is 18.8 Å². The highest BCUT2D eigenvalue weighted by Crippen LogP contribution is 2.24. The zero-order chi connectivity index (χ0) is 15.2. The van der Waals surface area contributed by atoms with Crippen molar-refractivity contribution < 1.29 is 4.79 Å². The zero-order valence-electron chi connectivity index (χ0n) is 12.8. The molecule has 2 unspecified atom stereocenters. The lowest BCUT2D eigenvalue weighted by molar-refractivity contribution is 0.0921. The molecule has 1 aliphatic carbocycles. The molecule has 5 heteroatoms. The molecule has 1 heterocycles. The third-order valence-electron chi connectivity index (χ3n) is 4.14. The molecule has 1 amide bonds. The molecule has 0 aromatic carbocycles. The number of pyridine rings is 1. The van der Waals surface area contributed by atoms with E-state index in [4.69, 9.17) is 11.6 Å². The lowest BCUT2D eigenvalue weighted by atomic mass is 9.96. The molecule has 0 radical (unpaired) electrons. The van der Waals surface area contributed by atoms with Crippen molar-refractivity contribution in [3.05, 3.63) is 22.8 Å². The minimum absolute atomic E-state index is 0.0969. The summed E-state index contributed by atoms with van der Waals surface area (Å²) >= 11 is 6.13. The predicted molar refractivity (Wildman–Crippen MR) is 86.9 cm³/mol. The quantitative estimate of drug-likeness (QED) is 0.830. The maximum atomic E-state index is 12.5. The number of amides is 1. The van der Waals surface area contributed by atoms with E-state index in [2.05, 4.69) is 22.5 Å². The van der Waals surface area contributed by atoms with Crippen LogP contribution in [0.4, 0.5) is 5.82 Å². The smallest absolute Gasteiger partial charge is 0.253 e. The zero-order valence-corrected chi connectivity index (χ0v) is 13.5. The lowest BCUT2D eigenvalue weighted by Crippen LogP contribution is -2.39. The maximum Gasteiger partial charge on any atom is 0.253 e. The Labute approximate surface area is 131 Å². The fourth-order valence-electron chi connectivity index (χ4n) is 2.84. The van der Waals surface area contributed by atoms with Crippen LogP contribution in [0.1, 0.15) is 56.3 Å². The molecule has 2 N–H and O–H groups in total. The van der Waals surface area contributed by atoms with Gasteiger partial charge in [0.1, 0.15) is 5.82 Å². The van der Waals surface area contributed by atoms with Crippen LogP contribution in [0.15, 0.2) is 12.3 Å². The molecule has 2 atom stereocenters. The van der Waals surface area contributed by atoms with E-state index in [0.717, 1.165) is 13.0 Å². The van der Waals surface area contributed by atoms with E-state index in [1.807, 2.05) is 6.92 Å². The summed E-state index contributed by atoms with van der Waals surface area (Å²) in [6.07, 6.45) is 7.46. The van der Waals surface area contributed by atoms with Gasteiger partial charge in [-0.25, -0.2) is 4.98 Å². The van der Waals surface area contributed by atoms with E-state index < -0.39 is 0 Å². The molecule has 0 spiro atoms. The third kappa shape index (κ3) is 4.34. The van der Waals surface area contributed by atoms with Crippen LogP contribution in [0.5, 0.6) is 0 Å². The summed E-state index contributed by atoms with van der Waals surface area (Å²) in [7, 11) is 0. The van der Waals surface area contributed by atoms with Crippen LogP contribution in [0, 0.1) is 5.92 Å². The van der Waals surface area contributed by atoms with Crippen molar-refractivity contribution in [3.63, 3.8) is 0 Å². The molecular formula is C16H24ClN3O. The van der Waals surface area contributed by atoms with Gasteiger partial charge in [-0.05, 0) is 31.7 Å². The Morgan fingerprint density at radius 1 is 1.38 bits per heavy atom. The van der Waals surface area contributed by atoms with Gasteiger partial charge in [0.2, 0.25) is 0 Å². The Hall–Kier alpha value is -1.29. The summed E-state index contributed by atoms with van der Waals surface area (Å²) in [6.45, 7) is 4.97. The number of nitrogens with one attached hydrogen (secondary N) is 2. The Balaban J connectivity index is 2.10. The van der Waals surface area contributed by atoms with E-state index in [1.165, 1.54) is 31.9 Å². The average molecular weight is 310 g/mol. The summed E-state index contributed by atoms with van der Waals surface area (Å²) in [5, 5.41) is 6.66. The number of rotatable bonds is 4. The fourth-order valence-corrected chi connectivity index (χ4v) is 3.03. The van der Waals surface area contributed by atoms with Gasteiger partial charge in [0.05, 0.1) is 10.6 Å². The van der Waals surface area contributed by atoms with Gasteiger partial charge >= 0.3 is 0 Å². The second-order valence-corrected chi connectivity index (χ2v) is 6.18. The second kappa shape index (κ2) is 7.64. The van der Waals surface area contributed by atoms with Gasteiger partial charge < -0.3 is 10.6 Å². The molecule has 0 aliphatic heterocycles. The molecule has 1 fully saturated rings. The van der Waals surface area contributed by atoms with E-state index in [1.54, 1.807) is 6.07 Å². The average Bonchev–Trinajstić information content (AvgIpc) is 2.66. The Morgan fingerprint density at radius 2 is 2.14 bits per heavy atom. The van der Waals surface area contributed by atoms with Crippen molar-refractivity contribution in [3.8, 4) is 0 Å². The SMILES string of the molecule is CCNc1cc(C(=O)NC2CCCCCC2C)c(Cl)cn1.